The lowest BCUT2D eigenvalue weighted by Gasteiger charge is -2.16. The minimum absolute atomic E-state index is 0.220. The van der Waals surface area contributed by atoms with Gasteiger partial charge in [0, 0.05) is 35.5 Å². The summed E-state index contributed by atoms with van der Waals surface area (Å²) in [5.74, 6) is 0.894. The molecule has 8 heteroatoms. The van der Waals surface area contributed by atoms with E-state index in [0.29, 0.717) is 35.2 Å². The van der Waals surface area contributed by atoms with Crippen molar-refractivity contribution in [3.05, 3.63) is 75.5 Å². The van der Waals surface area contributed by atoms with Crippen molar-refractivity contribution in [3.63, 3.8) is 0 Å². The van der Waals surface area contributed by atoms with Crippen LogP contribution in [0.3, 0.4) is 0 Å². The van der Waals surface area contributed by atoms with E-state index in [0.717, 1.165) is 29.5 Å². The van der Waals surface area contributed by atoms with Gasteiger partial charge in [-0.3, -0.25) is 0 Å². The molecular formula is C22H24BrClFN3O2. The van der Waals surface area contributed by atoms with E-state index >= 15 is 0 Å². The van der Waals surface area contributed by atoms with E-state index in [1.54, 1.807) is 12.3 Å². The van der Waals surface area contributed by atoms with Gasteiger partial charge in [-0.2, -0.15) is 0 Å². The van der Waals surface area contributed by atoms with Crippen molar-refractivity contribution in [3.8, 4) is 11.5 Å². The fraction of sp³-hybridized carbons (Fsp3) is 0.318. The van der Waals surface area contributed by atoms with Crippen LogP contribution in [0.2, 0.25) is 5.02 Å². The normalized spacial score (nSPS) is 10.9. The van der Waals surface area contributed by atoms with E-state index in [-0.39, 0.29) is 12.4 Å². The first-order valence-corrected chi connectivity index (χ1v) is 10.9. The van der Waals surface area contributed by atoms with Gasteiger partial charge in [0.1, 0.15) is 12.4 Å². The van der Waals surface area contributed by atoms with Crippen molar-refractivity contribution >= 4 is 27.5 Å². The highest BCUT2D eigenvalue weighted by Crippen LogP contribution is 2.35. The highest BCUT2D eigenvalue weighted by Gasteiger charge is 2.12. The van der Waals surface area contributed by atoms with Gasteiger partial charge >= 0.3 is 0 Å². The predicted octanol–water partition coefficient (Wildman–Crippen LogP) is 5.60. The molecule has 0 aliphatic carbocycles. The van der Waals surface area contributed by atoms with Crippen LogP contribution in [0.4, 0.5) is 4.39 Å². The van der Waals surface area contributed by atoms with Crippen LogP contribution in [0.1, 0.15) is 24.5 Å². The average molecular weight is 497 g/mol. The van der Waals surface area contributed by atoms with E-state index in [4.69, 9.17) is 21.1 Å². The number of hydrogen-bond donors (Lipinski definition) is 1. The van der Waals surface area contributed by atoms with E-state index in [2.05, 4.69) is 30.8 Å². The van der Waals surface area contributed by atoms with Crippen molar-refractivity contribution in [1.29, 1.82) is 0 Å². The Morgan fingerprint density at radius 1 is 1.17 bits per heavy atom. The predicted molar refractivity (Wildman–Crippen MR) is 120 cm³/mol. The van der Waals surface area contributed by atoms with Crippen molar-refractivity contribution in [2.45, 2.75) is 33.0 Å². The number of hydrogen-bond acceptors (Lipinski definition) is 4. The molecular weight excluding hydrogens is 473 g/mol. The molecule has 1 N–H and O–H groups in total. The molecule has 0 saturated carbocycles. The third kappa shape index (κ3) is 6.45. The molecule has 0 radical (unpaired) electrons. The molecule has 0 amide bonds. The molecule has 0 atom stereocenters. The first kappa shape index (κ1) is 22.6. The molecule has 0 aliphatic rings. The van der Waals surface area contributed by atoms with Gasteiger partial charge in [-0.25, -0.2) is 9.37 Å². The molecule has 1 aromatic heterocycles. The summed E-state index contributed by atoms with van der Waals surface area (Å²) in [7, 11) is 0. The second-order valence-electron chi connectivity index (χ2n) is 6.68. The summed E-state index contributed by atoms with van der Waals surface area (Å²) in [6, 6.07) is 8.13. The molecule has 3 rings (SSSR count). The summed E-state index contributed by atoms with van der Waals surface area (Å²) in [5.41, 5.74) is 1.79. The van der Waals surface area contributed by atoms with Crippen LogP contribution in [0, 0.1) is 5.82 Å². The Kier molecular flexibility index (Phi) is 8.54. The van der Waals surface area contributed by atoms with E-state index < -0.39 is 0 Å². The van der Waals surface area contributed by atoms with Crippen molar-refractivity contribution < 1.29 is 13.9 Å². The molecule has 3 aromatic rings. The van der Waals surface area contributed by atoms with Gasteiger partial charge in [-0.05, 0) is 49.7 Å². The second kappa shape index (κ2) is 11.3. The van der Waals surface area contributed by atoms with Crippen LogP contribution in [-0.2, 0) is 19.7 Å². The largest absolute Gasteiger partial charge is 0.490 e. The topological polar surface area (TPSA) is 48.3 Å². The maximum absolute atomic E-state index is 13.2. The maximum atomic E-state index is 13.2. The summed E-state index contributed by atoms with van der Waals surface area (Å²) in [5, 5.41) is 3.79. The number of aromatic nitrogens is 2. The standard InChI is InChI=1S/C22H24BrClFN3O2/c1-2-29-21-10-17(13-26-6-3-8-28-9-7-27-15-28)19(23)12-22(21)30-14-16-4-5-18(25)11-20(16)24/h4-5,7,9-12,15,26H,2-3,6,8,13-14H2,1H3. The number of ether oxygens (including phenoxy) is 2. The Morgan fingerprint density at radius 2 is 2.00 bits per heavy atom. The lowest BCUT2D eigenvalue weighted by Crippen LogP contribution is -2.16. The molecule has 0 saturated heterocycles. The number of aryl methyl sites for hydroxylation is 1. The monoisotopic (exact) mass is 495 g/mol. The fourth-order valence-electron chi connectivity index (χ4n) is 2.92. The molecule has 0 bridgehead atoms. The van der Waals surface area contributed by atoms with Crippen LogP contribution in [0.5, 0.6) is 11.5 Å². The zero-order chi connectivity index (χ0) is 21.3. The average Bonchev–Trinajstić information content (AvgIpc) is 3.23. The van der Waals surface area contributed by atoms with Gasteiger partial charge in [0.25, 0.3) is 0 Å². The lowest BCUT2D eigenvalue weighted by molar-refractivity contribution is 0.268. The first-order chi connectivity index (χ1) is 14.6. The van der Waals surface area contributed by atoms with Gasteiger partial charge < -0.3 is 19.4 Å². The zero-order valence-corrected chi connectivity index (χ0v) is 19.0. The van der Waals surface area contributed by atoms with Gasteiger partial charge in [0.15, 0.2) is 11.5 Å². The van der Waals surface area contributed by atoms with E-state index in [1.165, 1.54) is 12.1 Å². The Balaban J connectivity index is 1.59. The Hall–Kier alpha value is -2.09. The molecule has 30 heavy (non-hydrogen) atoms. The quantitative estimate of drug-likeness (QED) is 0.351. The smallest absolute Gasteiger partial charge is 0.162 e. The number of halogens is 3. The van der Waals surface area contributed by atoms with Crippen LogP contribution in [0.25, 0.3) is 0 Å². The van der Waals surface area contributed by atoms with E-state index in [9.17, 15) is 4.39 Å². The summed E-state index contributed by atoms with van der Waals surface area (Å²) in [6.45, 7) is 5.18. The van der Waals surface area contributed by atoms with Gasteiger partial charge in [-0.1, -0.05) is 33.6 Å². The molecule has 0 aliphatic heterocycles. The molecule has 0 unspecified atom stereocenters. The Morgan fingerprint density at radius 3 is 2.73 bits per heavy atom. The lowest BCUT2D eigenvalue weighted by atomic mass is 10.2. The fourth-order valence-corrected chi connectivity index (χ4v) is 3.60. The Bertz CT molecular complexity index is 954. The van der Waals surface area contributed by atoms with Crippen molar-refractivity contribution in [2.24, 2.45) is 0 Å². The van der Waals surface area contributed by atoms with Gasteiger partial charge in [0.2, 0.25) is 0 Å². The second-order valence-corrected chi connectivity index (χ2v) is 7.94. The number of imidazole rings is 1. The number of nitrogens with one attached hydrogen (secondary N) is 1. The molecule has 0 spiro atoms. The minimum atomic E-state index is -0.372. The maximum Gasteiger partial charge on any atom is 0.162 e. The van der Waals surface area contributed by atoms with Gasteiger partial charge in [0.05, 0.1) is 18.0 Å². The number of nitrogens with zero attached hydrogens (tertiary/aromatic N) is 2. The van der Waals surface area contributed by atoms with Crippen molar-refractivity contribution in [1.82, 2.24) is 14.9 Å². The Labute approximate surface area is 189 Å². The van der Waals surface area contributed by atoms with Gasteiger partial charge in [-0.15, -0.1) is 0 Å². The third-order valence-corrected chi connectivity index (χ3v) is 5.55. The SMILES string of the molecule is CCOc1cc(CNCCCn2ccnc2)c(Br)cc1OCc1ccc(F)cc1Cl. The number of rotatable bonds is 11. The highest BCUT2D eigenvalue weighted by molar-refractivity contribution is 9.10. The number of benzene rings is 2. The summed E-state index contributed by atoms with van der Waals surface area (Å²) in [4.78, 5) is 4.05. The van der Waals surface area contributed by atoms with Crippen LogP contribution in [0.15, 0.2) is 53.5 Å². The third-order valence-electron chi connectivity index (χ3n) is 4.46. The molecule has 1 heterocycles. The van der Waals surface area contributed by atoms with Crippen molar-refractivity contribution in [2.75, 3.05) is 13.2 Å². The van der Waals surface area contributed by atoms with Crippen LogP contribution < -0.4 is 14.8 Å². The molecule has 160 valence electrons. The highest BCUT2D eigenvalue weighted by atomic mass is 79.9. The van der Waals surface area contributed by atoms with Crippen LogP contribution in [-0.4, -0.2) is 22.7 Å². The molecule has 2 aromatic carbocycles. The van der Waals surface area contributed by atoms with Crippen LogP contribution >= 0.6 is 27.5 Å². The van der Waals surface area contributed by atoms with E-state index in [1.807, 2.05) is 31.6 Å². The first-order valence-electron chi connectivity index (χ1n) is 9.75. The zero-order valence-electron chi connectivity index (χ0n) is 16.7. The summed E-state index contributed by atoms with van der Waals surface area (Å²) < 4.78 is 27.9. The molecule has 5 nitrogen and oxygen atoms in total. The molecule has 0 fully saturated rings. The summed E-state index contributed by atoms with van der Waals surface area (Å²) >= 11 is 9.71. The summed E-state index contributed by atoms with van der Waals surface area (Å²) in [6.07, 6.45) is 6.57. The minimum Gasteiger partial charge on any atom is -0.490 e.